The van der Waals surface area contributed by atoms with Crippen molar-refractivity contribution in [2.24, 2.45) is 0 Å². The molecule has 0 aromatic carbocycles. The molecular formula is C13H17ClN2O5. The SMILES string of the molecule is CC[C@@]1(/C=C\Cl)O[C@@H](n2cc(C)c(=O)[nH]c2=O)[C@@H](O)C1O. The summed E-state index contributed by atoms with van der Waals surface area (Å²) in [7, 11) is 0. The molecule has 0 aliphatic carbocycles. The number of aromatic nitrogens is 2. The molecule has 8 heteroatoms. The number of aliphatic hydroxyl groups excluding tert-OH is 2. The highest BCUT2D eigenvalue weighted by Crippen LogP contribution is 2.39. The Balaban J connectivity index is 2.50. The molecule has 1 aliphatic heterocycles. The second-order valence-corrected chi connectivity index (χ2v) is 5.28. The summed E-state index contributed by atoms with van der Waals surface area (Å²) in [5.41, 5.74) is -0.921. The van der Waals surface area contributed by atoms with E-state index in [0.29, 0.717) is 12.0 Å². The van der Waals surface area contributed by atoms with Gasteiger partial charge in [0.05, 0.1) is 0 Å². The molecular weight excluding hydrogens is 300 g/mol. The number of aliphatic hydroxyl groups is 2. The number of hydrogen-bond donors (Lipinski definition) is 3. The fourth-order valence-corrected chi connectivity index (χ4v) is 2.67. The van der Waals surface area contributed by atoms with Crippen molar-refractivity contribution in [3.05, 3.63) is 44.2 Å². The molecule has 116 valence electrons. The van der Waals surface area contributed by atoms with E-state index in [1.54, 1.807) is 6.92 Å². The average molecular weight is 317 g/mol. The van der Waals surface area contributed by atoms with Crippen LogP contribution in [0, 0.1) is 6.92 Å². The van der Waals surface area contributed by atoms with Crippen LogP contribution in [0.25, 0.3) is 0 Å². The largest absolute Gasteiger partial charge is 0.387 e. The van der Waals surface area contributed by atoms with E-state index in [0.717, 1.165) is 4.57 Å². The average Bonchev–Trinajstić information content (AvgIpc) is 2.69. The van der Waals surface area contributed by atoms with Crippen molar-refractivity contribution in [3.8, 4) is 0 Å². The summed E-state index contributed by atoms with van der Waals surface area (Å²) in [5.74, 6) is 0. The van der Waals surface area contributed by atoms with Gasteiger partial charge in [0.25, 0.3) is 5.56 Å². The van der Waals surface area contributed by atoms with E-state index in [-0.39, 0.29) is 0 Å². The van der Waals surface area contributed by atoms with Crippen molar-refractivity contribution < 1.29 is 14.9 Å². The third-order valence-corrected chi connectivity index (χ3v) is 3.90. The summed E-state index contributed by atoms with van der Waals surface area (Å²) >= 11 is 5.56. The molecule has 1 aromatic rings. The number of aryl methyl sites for hydroxylation is 1. The van der Waals surface area contributed by atoms with Gasteiger partial charge < -0.3 is 14.9 Å². The molecule has 2 rings (SSSR count). The Bertz CT molecular complexity index is 667. The molecule has 7 nitrogen and oxygen atoms in total. The molecule has 0 bridgehead atoms. The van der Waals surface area contributed by atoms with E-state index in [1.165, 1.54) is 24.7 Å². The van der Waals surface area contributed by atoms with Gasteiger partial charge in [-0.05, 0) is 19.4 Å². The maximum absolute atomic E-state index is 11.9. The lowest BCUT2D eigenvalue weighted by Crippen LogP contribution is -2.41. The van der Waals surface area contributed by atoms with E-state index in [1.807, 2.05) is 0 Å². The van der Waals surface area contributed by atoms with Crippen molar-refractivity contribution in [1.82, 2.24) is 9.55 Å². The lowest BCUT2D eigenvalue weighted by molar-refractivity contribution is -0.0782. The zero-order chi connectivity index (χ0) is 15.8. The van der Waals surface area contributed by atoms with Crippen molar-refractivity contribution in [2.75, 3.05) is 0 Å². The van der Waals surface area contributed by atoms with Gasteiger partial charge in [0.15, 0.2) is 6.23 Å². The first-order valence-corrected chi connectivity index (χ1v) is 6.94. The first-order chi connectivity index (χ1) is 9.86. The topological polar surface area (TPSA) is 105 Å². The normalized spacial score (nSPS) is 32.9. The molecule has 1 fully saturated rings. The van der Waals surface area contributed by atoms with Crippen molar-refractivity contribution in [1.29, 1.82) is 0 Å². The third kappa shape index (κ3) is 2.57. The Morgan fingerprint density at radius 3 is 2.76 bits per heavy atom. The minimum atomic E-state index is -1.33. The number of H-pyrrole nitrogens is 1. The summed E-state index contributed by atoms with van der Waals surface area (Å²) in [6, 6.07) is 0. The highest BCUT2D eigenvalue weighted by Gasteiger charge is 2.52. The van der Waals surface area contributed by atoms with Gasteiger partial charge in [-0.25, -0.2) is 4.79 Å². The van der Waals surface area contributed by atoms with Crippen molar-refractivity contribution >= 4 is 11.6 Å². The maximum Gasteiger partial charge on any atom is 0.330 e. The van der Waals surface area contributed by atoms with Crippen LogP contribution in [0.3, 0.4) is 0 Å². The van der Waals surface area contributed by atoms with Crippen LogP contribution in [0.4, 0.5) is 0 Å². The van der Waals surface area contributed by atoms with E-state index in [2.05, 4.69) is 4.98 Å². The molecule has 2 heterocycles. The predicted molar refractivity (Wildman–Crippen MR) is 76.2 cm³/mol. The quantitative estimate of drug-likeness (QED) is 0.728. The van der Waals surface area contributed by atoms with E-state index < -0.39 is 35.3 Å². The van der Waals surface area contributed by atoms with Gasteiger partial charge in [-0.2, -0.15) is 0 Å². The van der Waals surface area contributed by atoms with Gasteiger partial charge >= 0.3 is 5.69 Å². The zero-order valence-corrected chi connectivity index (χ0v) is 12.4. The number of nitrogens with one attached hydrogen (secondary N) is 1. The first-order valence-electron chi connectivity index (χ1n) is 6.50. The maximum atomic E-state index is 11.9. The van der Waals surface area contributed by atoms with E-state index >= 15 is 0 Å². The molecule has 21 heavy (non-hydrogen) atoms. The van der Waals surface area contributed by atoms with Crippen LogP contribution in [0.5, 0.6) is 0 Å². The molecule has 0 spiro atoms. The van der Waals surface area contributed by atoms with E-state index in [9.17, 15) is 19.8 Å². The number of ether oxygens (including phenoxy) is 1. The first kappa shape index (κ1) is 16.0. The minimum absolute atomic E-state index is 0.293. The van der Waals surface area contributed by atoms with Crippen LogP contribution in [0.1, 0.15) is 25.1 Å². The Labute approximate surface area is 125 Å². The lowest BCUT2D eigenvalue weighted by atomic mass is 9.92. The highest BCUT2D eigenvalue weighted by molar-refractivity contribution is 6.25. The molecule has 3 N–H and O–H groups in total. The van der Waals surface area contributed by atoms with E-state index in [4.69, 9.17) is 16.3 Å². The molecule has 0 saturated carbocycles. The second kappa shape index (κ2) is 5.76. The van der Waals surface area contributed by atoms with Crippen LogP contribution < -0.4 is 11.2 Å². The van der Waals surface area contributed by atoms with Gasteiger partial charge in [-0.3, -0.25) is 14.3 Å². The fourth-order valence-electron chi connectivity index (χ4n) is 2.46. The van der Waals surface area contributed by atoms with Crippen LogP contribution in [-0.4, -0.2) is 37.6 Å². The second-order valence-electron chi connectivity index (χ2n) is 5.02. The Morgan fingerprint density at radius 1 is 1.52 bits per heavy atom. The molecule has 4 atom stereocenters. The van der Waals surface area contributed by atoms with Crippen LogP contribution in [0.15, 0.2) is 27.4 Å². The number of halogens is 1. The minimum Gasteiger partial charge on any atom is -0.387 e. The van der Waals surface area contributed by atoms with Gasteiger partial charge in [0.2, 0.25) is 0 Å². The molecule has 1 saturated heterocycles. The molecule has 0 amide bonds. The van der Waals surface area contributed by atoms with Gasteiger partial charge in [-0.15, -0.1) is 0 Å². The summed E-state index contributed by atoms with van der Waals surface area (Å²) in [6.45, 7) is 3.29. The molecule has 1 aromatic heterocycles. The monoisotopic (exact) mass is 316 g/mol. The summed E-state index contributed by atoms with van der Waals surface area (Å²) in [6.07, 6.45) is -0.621. The Kier molecular flexibility index (Phi) is 4.38. The van der Waals surface area contributed by atoms with Gasteiger partial charge in [0, 0.05) is 17.3 Å². The predicted octanol–water partition coefficient (Wildman–Crippen LogP) is -0.00308. The van der Waals surface area contributed by atoms with Crippen LogP contribution in [0.2, 0.25) is 0 Å². The summed E-state index contributed by atoms with van der Waals surface area (Å²) < 4.78 is 6.75. The van der Waals surface area contributed by atoms with Crippen molar-refractivity contribution in [2.45, 2.75) is 44.3 Å². The molecule has 1 aliphatic rings. The number of nitrogens with zero attached hydrogens (tertiary/aromatic N) is 1. The molecule has 1 unspecified atom stereocenters. The highest BCUT2D eigenvalue weighted by atomic mass is 35.5. The Morgan fingerprint density at radius 2 is 2.19 bits per heavy atom. The Hall–Kier alpha value is -1.41. The standard InChI is InChI=1S/C13H17ClN2O5/c1-3-13(4-5-14)9(18)8(17)11(21-13)16-6-7(2)10(19)15-12(16)20/h4-6,8-9,11,17-18H,3H2,1-2H3,(H,15,19,20)/b5-4-/t8-,9?,11+,13-/m0/s1. The van der Waals surface area contributed by atoms with Crippen LogP contribution >= 0.6 is 11.6 Å². The number of aromatic amines is 1. The van der Waals surface area contributed by atoms with Crippen LogP contribution in [-0.2, 0) is 4.74 Å². The molecule has 0 radical (unpaired) electrons. The smallest absolute Gasteiger partial charge is 0.330 e. The van der Waals surface area contributed by atoms with Gasteiger partial charge in [-0.1, -0.05) is 18.5 Å². The van der Waals surface area contributed by atoms with Gasteiger partial charge in [0.1, 0.15) is 17.8 Å². The lowest BCUT2D eigenvalue weighted by Gasteiger charge is -2.26. The summed E-state index contributed by atoms with van der Waals surface area (Å²) in [5, 5.41) is 20.4. The van der Waals surface area contributed by atoms with Crippen molar-refractivity contribution in [3.63, 3.8) is 0 Å². The summed E-state index contributed by atoms with van der Waals surface area (Å²) in [4.78, 5) is 25.4. The third-order valence-electron chi connectivity index (χ3n) is 3.77. The number of hydrogen-bond acceptors (Lipinski definition) is 5. The number of rotatable bonds is 3. The zero-order valence-electron chi connectivity index (χ0n) is 11.6. The fraction of sp³-hybridized carbons (Fsp3) is 0.538.